The van der Waals surface area contributed by atoms with Crippen LogP contribution in [0.15, 0.2) is 35.9 Å². The van der Waals surface area contributed by atoms with Gasteiger partial charge in [0.15, 0.2) is 0 Å². The lowest BCUT2D eigenvalue weighted by atomic mass is 10.1. The molecule has 0 aromatic heterocycles. The number of hydrogen-bond acceptors (Lipinski definition) is 6. The van der Waals surface area contributed by atoms with E-state index in [1.807, 2.05) is 13.8 Å². The molecule has 2 unspecified atom stereocenters. The molecule has 134 valence electrons. The van der Waals surface area contributed by atoms with Gasteiger partial charge in [-0.05, 0) is 23.8 Å². The molecule has 1 aromatic carbocycles. The van der Waals surface area contributed by atoms with Gasteiger partial charge in [-0.2, -0.15) is 0 Å². The summed E-state index contributed by atoms with van der Waals surface area (Å²) in [4.78, 5) is 34.1. The number of esters is 2. The fourth-order valence-corrected chi connectivity index (χ4v) is 2.94. The van der Waals surface area contributed by atoms with Crippen LogP contribution in [0.3, 0.4) is 0 Å². The Morgan fingerprint density at radius 1 is 1.36 bits per heavy atom. The monoisotopic (exact) mass is 347 g/mol. The minimum atomic E-state index is -0.494. The molecule has 2 rings (SSSR count). The lowest BCUT2D eigenvalue weighted by molar-refractivity contribution is -0.384. The van der Waals surface area contributed by atoms with Gasteiger partial charge >= 0.3 is 11.9 Å². The van der Waals surface area contributed by atoms with Crippen molar-refractivity contribution in [2.45, 2.75) is 27.4 Å². The molecule has 7 nitrogen and oxygen atoms in total. The van der Waals surface area contributed by atoms with Gasteiger partial charge in [0, 0.05) is 17.7 Å². The first-order chi connectivity index (χ1) is 11.7. The van der Waals surface area contributed by atoms with E-state index in [1.54, 1.807) is 25.1 Å². The number of carbonyl (C=O) groups excluding carboxylic acids is 2. The van der Waals surface area contributed by atoms with E-state index in [-0.39, 0.29) is 35.5 Å². The third-order valence-electron chi connectivity index (χ3n) is 4.60. The zero-order valence-electron chi connectivity index (χ0n) is 14.6. The Labute approximate surface area is 145 Å². The normalized spacial score (nSPS) is 21.4. The van der Waals surface area contributed by atoms with Crippen LogP contribution in [0.1, 0.15) is 26.3 Å². The Morgan fingerprint density at radius 3 is 2.64 bits per heavy atom. The zero-order chi connectivity index (χ0) is 18.8. The fourth-order valence-electron chi connectivity index (χ4n) is 2.94. The van der Waals surface area contributed by atoms with Gasteiger partial charge < -0.3 is 9.47 Å². The van der Waals surface area contributed by atoms with Gasteiger partial charge in [0.05, 0.1) is 18.0 Å². The van der Waals surface area contributed by atoms with Crippen LogP contribution in [0, 0.1) is 27.4 Å². The number of nitro benzene ring substituents is 1. The van der Waals surface area contributed by atoms with E-state index in [0.29, 0.717) is 11.1 Å². The summed E-state index contributed by atoms with van der Waals surface area (Å²) >= 11 is 0. The summed E-state index contributed by atoms with van der Waals surface area (Å²) in [6, 6.07) is 5.97. The third-order valence-corrected chi connectivity index (χ3v) is 4.60. The average molecular weight is 347 g/mol. The number of rotatable bonds is 6. The van der Waals surface area contributed by atoms with Crippen molar-refractivity contribution >= 4 is 17.6 Å². The van der Waals surface area contributed by atoms with Crippen LogP contribution in [-0.2, 0) is 25.7 Å². The summed E-state index contributed by atoms with van der Waals surface area (Å²) in [5.74, 6) is -1.27. The van der Waals surface area contributed by atoms with Gasteiger partial charge in [-0.15, -0.1) is 0 Å². The van der Waals surface area contributed by atoms with E-state index in [0.717, 1.165) is 0 Å². The highest BCUT2D eigenvalue weighted by Gasteiger charge is 2.61. The maximum absolute atomic E-state index is 12.3. The lowest BCUT2D eigenvalue weighted by Gasteiger charge is -2.05. The van der Waals surface area contributed by atoms with Gasteiger partial charge in [-0.25, -0.2) is 4.79 Å². The van der Waals surface area contributed by atoms with Crippen LogP contribution in [0.5, 0.6) is 0 Å². The van der Waals surface area contributed by atoms with Crippen molar-refractivity contribution in [3.05, 3.63) is 51.6 Å². The van der Waals surface area contributed by atoms with Gasteiger partial charge in [-0.3, -0.25) is 14.9 Å². The number of non-ortho nitro benzene ring substituents is 1. The highest BCUT2D eigenvalue weighted by atomic mass is 16.6. The largest absolute Gasteiger partial charge is 0.466 e. The van der Waals surface area contributed by atoms with Crippen LogP contribution in [-0.4, -0.2) is 24.0 Å². The van der Waals surface area contributed by atoms with Crippen LogP contribution < -0.4 is 0 Å². The van der Waals surface area contributed by atoms with E-state index < -0.39 is 10.9 Å². The van der Waals surface area contributed by atoms with Gasteiger partial charge in [0.25, 0.3) is 5.69 Å². The Kier molecular flexibility index (Phi) is 5.25. The highest BCUT2D eigenvalue weighted by molar-refractivity contribution is 5.88. The molecule has 1 aliphatic carbocycles. The maximum atomic E-state index is 12.3. The second kappa shape index (κ2) is 7.04. The van der Waals surface area contributed by atoms with Crippen molar-refractivity contribution in [2.75, 3.05) is 7.11 Å². The van der Waals surface area contributed by atoms with Crippen molar-refractivity contribution < 1.29 is 24.0 Å². The summed E-state index contributed by atoms with van der Waals surface area (Å²) < 4.78 is 9.98. The third kappa shape index (κ3) is 4.04. The second-order valence-electron chi connectivity index (χ2n) is 6.70. The zero-order valence-corrected chi connectivity index (χ0v) is 14.6. The number of allylic oxidation sites excluding steroid dienone is 1. The van der Waals surface area contributed by atoms with Crippen LogP contribution in [0.25, 0.3) is 0 Å². The molecule has 0 heterocycles. The quantitative estimate of drug-likeness (QED) is 0.340. The van der Waals surface area contributed by atoms with E-state index >= 15 is 0 Å². The summed E-state index contributed by atoms with van der Waals surface area (Å²) in [7, 11) is 1.31. The first-order valence-corrected chi connectivity index (χ1v) is 7.85. The van der Waals surface area contributed by atoms with Crippen molar-refractivity contribution in [1.82, 2.24) is 0 Å². The minimum absolute atomic E-state index is 0.0283. The minimum Gasteiger partial charge on any atom is -0.466 e. The first kappa shape index (κ1) is 18.6. The molecule has 0 spiro atoms. The van der Waals surface area contributed by atoms with Gasteiger partial charge in [-0.1, -0.05) is 32.1 Å². The first-order valence-electron chi connectivity index (χ1n) is 7.85. The summed E-state index contributed by atoms with van der Waals surface area (Å²) in [5.41, 5.74) is 0.651. The topological polar surface area (TPSA) is 95.7 Å². The molecule has 0 aliphatic heterocycles. The Bertz CT molecular complexity index is 737. The van der Waals surface area contributed by atoms with Crippen molar-refractivity contribution in [1.29, 1.82) is 0 Å². The lowest BCUT2D eigenvalue weighted by Crippen LogP contribution is -2.10. The Balaban J connectivity index is 2.00. The van der Waals surface area contributed by atoms with E-state index in [2.05, 4.69) is 4.74 Å². The SMILES string of the molecule is COC(=O)C(C)=CC1C(C(=O)OCc2cccc([N+](=O)[O-])c2)C1(C)C. The molecule has 0 saturated heterocycles. The molecule has 0 radical (unpaired) electrons. The molecule has 1 aliphatic rings. The molecule has 1 aromatic rings. The van der Waals surface area contributed by atoms with Crippen LogP contribution in [0.4, 0.5) is 5.69 Å². The number of benzene rings is 1. The highest BCUT2D eigenvalue weighted by Crippen LogP contribution is 2.59. The molecule has 0 N–H and O–H groups in total. The molecule has 0 amide bonds. The standard InChI is InChI=1S/C18H21NO6/c1-11(16(20)24-4)8-14-15(18(14,2)3)17(21)25-10-12-6-5-7-13(9-12)19(22)23/h5-9,14-15H,10H2,1-4H3. The predicted molar refractivity (Wildman–Crippen MR) is 89.4 cm³/mol. The Hall–Kier alpha value is -2.70. The van der Waals surface area contributed by atoms with Crippen molar-refractivity contribution in [3.63, 3.8) is 0 Å². The predicted octanol–water partition coefficient (Wildman–Crippen LogP) is 3.03. The van der Waals surface area contributed by atoms with Crippen LogP contribution in [0.2, 0.25) is 0 Å². The van der Waals surface area contributed by atoms with E-state index in [4.69, 9.17) is 4.74 Å². The number of hydrogen-bond donors (Lipinski definition) is 0. The van der Waals surface area contributed by atoms with Crippen molar-refractivity contribution in [2.24, 2.45) is 17.3 Å². The molecule has 1 fully saturated rings. The van der Waals surface area contributed by atoms with E-state index in [9.17, 15) is 19.7 Å². The number of methoxy groups -OCH3 is 1. The number of carbonyl (C=O) groups is 2. The molecular weight excluding hydrogens is 326 g/mol. The maximum Gasteiger partial charge on any atom is 0.333 e. The summed E-state index contributed by atoms with van der Waals surface area (Å²) in [6.45, 7) is 5.47. The number of ether oxygens (including phenoxy) is 2. The average Bonchev–Trinajstić information content (AvgIpc) is 3.12. The van der Waals surface area contributed by atoms with Gasteiger partial charge in [0.1, 0.15) is 6.61 Å². The molecule has 0 bridgehead atoms. The Morgan fingerprint density at radius 2 is 2.04 bits per heavy atom. The molecule has 25 heavy (non-hydrogen) atoms. The molecular formula is C18H21NO6. The van der Waals surface area contributed by atoms with Crippen molar-refractivity contribution in [3.8, 4) is 0 Å². The fraction of sp³-hybridized carbons (Fsp3) is 0.444. The smallest absolute Gasteiger partial charge is 0.333 e. The molecule has 1 saturated carbocycles. The number of nitro groups is 1. The van der Waals surface area contributed by atoms with E-state index in [1.165, 1.54) is 19.2 Å². The van der Waals surface area contributed by atoms with Crippen LogP contribution >= 0.6 is 0 Å². The van der Waals surface area contributed by atoms with Gasteiger partial charge in [0.2, 0.25) is 0 Å². The molecule has 2 atom stereocenters. The number of nitrogens with zero attached hydrogens (tertiary/aromatic N) is 1. The summed E-state index contributed by atoms with van der Waals surface area (Å²) in [5, 5.41) is 10.8. The second-order valence-corrected chi connectivity index (χ2v) is 6.70. The summed E-state index contributed by atoms with van der Waals surface area (Å²) in [6.07, 6.45) is 1.74. The molecule has 7 heteroatoms.